The van der Waals surface area contributed by atoms with Crippen molar-refractivity contribution in [2.24, 2.45) is 32.6 Å². The van der Waals surface area contributed by atoms with Crippen molar-refractivity contribution in [2.75, 3.05) is 37.2 Å². The van der Waals surface area contributed by atoms with Crippen molar-refractivity contribution in [3.63, 3.8) is 0 Å². The summed E-state index contributed by atoms with van der Waals surface area (Å²) < 4.78 is 43.0. The zero-order valence-corrected chi connectivity index (χ0v) is 26.7. The van der Waals surface area contributed by atoms with Crippen LogP contribution in [0, 0.1) is 0 Å². The van der Waals surface area contributed by atoms with E-state index in [4.69, 9.17) is 50.2 Å². The van der Waals surface area contributed by atoms with E-state index in [0.29, 0.717) is 34.0 Å². The molecule has 0 aliphatic heterocycles. The van der Waals surface area contributed by atoms with Gasteiger partial charge >= 0.3 is 0 Å². The van der Waals surface area contributed by atoms with Crippen LogP contribution in [-0.2, 0) is 29.3 Å². The number of benzene rings is 2. The van der Waals surface area contributed by atoms with E-state index >= 15 is 0 Å². The highest BCUT2D eigenvalue weighted by atomic mass is 35.5. The number of guanidine groups is 2. The Morgan fingerprint density at radius 3 is 1.64 bits per heavy atom. The molecule has 0 saturated heterocycles. The Morgan fingerprint density at radius 2 is 1.25 bits per heavy atom. The Morgan fingerprint density at radius 1 is 0.818 bits per heavy atom. The second-order valence-electron chi connectivity index (χ2n) is 8.27. The largest absolute Gasteiger partial charge is 0.367 e. The Labute approximate surface area is 268 Å². The van der Waals surface area contributed by atoms with E-state index in [9.17, 15) is 21.6 Å². The predicted molar refractivity (Wildman–Crippen MR) is 177 cm³/mol. The maximum absolute atomic E-state index is 10.9. The van der Waals surface area contributed by atoms with E-state index < -0.39 is 19.7 Å². The second kappa shape index (κ2) is 23.9. The average Bonchev–Trinajstić information content (AvgIpc) is 2.93. The van der Waals surface area contributed by atoms with E-state index in [1.807, 2.05) is 12.1 Å². The smallest absolute Gasteiger partial charge is 0.237 e. The molecule has 0 spiro atoms. The van der Waals surface area contributed by atoms with Gasteiger partial charge in [-0.2, -0.15) is 5.10 Å². The third-order valence-electron chi connectivity index (χ3n) is 4.32. The van der Waals surface area contributed by atoms with Crippen LogP contribution in [-0.4, -0.2) is 78.5 Å². The molecular weight excluding hydrogens is 659 g/mol. The summed E-state index contributed by atoms with van der Waals surface area (Å²) in [5, 5.41) is 11.6. The summed E-state index contributed by atoms with van der Waals surface area (Å²) in [6.07, 6.45) is 5.28. The molecule has 0 bridgehead atoms. The first kappa shape index (κ1) is 42.7. The topological polar surface area (TPSA) is 243 Å². The molecule has 0 saturated carbocycles. The molecule has 15 nitrogen and oxygen atoms in total. The van der Waals surface area contributed by atoms with Gasteiger partial charge in [-0.05, 0) is 25.0 Å². The highest BCUT2D eigenvalue weighted by Crippen LogP contribution is 2.12. The quantitative estimate of drug-likeness (QED) is 0.0503. The SMILES string of the molecule is C.CS(=O)(=O)CCCONC(N)=N/N=C/c1ccccc1Cl.CS(=O)(=O)CCCONC(N)=NN.O=Cc1ccccc1Cl. The van der Waals surface area contributed by atoms with Gasteiger partial charge in [0.15, 0.2) is 6.29 Å². The number of hydrogen-bond donors (Lipinski definition) is 5. The first-order valence-electron chi connectivity index (χ1n) is 12.1. The Bertz CT molecular complexity index is 1430. The second-order valence-corrected chi connectivity index (χ2v) is 13.6. The number of hydrogen-bond acceptors (Lipinski definition) is 11. The standard InChI is InChI=1S/C12H17ClN4O3S.C7H5ClO.C5H14N4O3S.CH4/c1-21(18,19)8-4-7-20-17-12(14)16-15-9-10-5-2-3-6-11(10)13;8-7-4-2-1-3-6(7)5-9;1-13(10,11)4-2-3-12-9-5(6)8-7;/h2-3,5-6,9H,4,7-8H2,1H3,(H3,14,16,17);1-5H;2-4,7H2,1H3,(H3,6,8,9);1H4/b15-9+;;;. The number of rotatable bonds is 13. The number of hydroxylamine groups is 2. The lowest BCUT2D eigenvalue weighted by molar-refractivity contribution is 0.0849. The van der Waals surface area contributed by atoms with Gasteiger partial charge in [0.25, 0.3) is 0 Å². The summed E-state index contributed by atoms with van der Waals surface area (Å²) in [4.78, 5) is 19.8. The third kappa shape index (κ3) is 25.1. The Balaban J connectivity index is 0. The fourth-order valence-electron chi connectivity index (χ4n) is 2.39. The molecule has 2 aromatic carbocycles. The normalized spacial score (nSPS) is 11.7. The molecule has 0 heterocycles. The lowest BCUT2D eigenvalue weighted by Crippen LogP contribution is -2.33. The van der Waals surface area contributed by atoms with Gasteiger partial charge in [-0.3, -0.25) is 14.5 Å². The van der Waals surface area contributed by atoms with Gasteiger partial charge in [-0.1, -0.05) is 67.0 Å². The molecule has 0 unspecified atom stereocenters. The minimum absolute atomic E-state index is 0. The van der Waals surface area contributed by atoms with Crippen LogP contribution >= 0.6 is 23.2 Å². The molecule has 0 aromatic heterocycles. The molecular formula is C25H40Cl2N8O7S2. The third-order valence-corrected chi connectivity index (χ3v) is 7.06. The van der Waals surface area contributed by atoms with E-state index in [2.05, 4.69) is 26.3 Å². The minimum atomic E-state index is -2.98. The Kier molecular flexibility index (Phi) is 23.2. The number of carbonyl (C=O) groups is 1. The zero-order chi connectivity index (χ0) is 32.7. The number of carbonyl (C=O) groups excluding carboxylic acids is 1. The van der Waals surface area contributed by atoms with Crippen molar-refractivity contribution in [1.29, 1.82) is 0 Å². The molecule has 0 fully saturated rings. The number of nitrogens with two attached hydrogens (primary N) is 3. The van der Waals surface area contributed by atoms with Crippen LogP contribution in [0.1, 0.15) is 36.2 Å². The number of hydrazone groups is 1. The summed E-state index contributed by atoms with van der Waals surface area (Å²) in [5.41, 5.74) is 16.4. The lowest BCUT2D eigenvalue weighted by atomic mass is 10.2. The van der Waals surface area contributed by atoms with Gasteiger partial charge < -0.3 is 17.3 Å². The van der Waals surface area contributed by atoms with Crippen molar-refractivity contribution < 1.29 is 31.3 Å². The summed E-state index contributed by atoms with van der Waals surface area (Å²) in [6.45, 7) is 0.417. The highest BCUT2D eigenvalue weighted by molar-refractivity contribution is 7.90. The van der Waals surface area contributed by atoms with Crippen LogP contribution in [0.2, 0.25) is 10.0 Å². The zero-order valence-electron chi connectivity index (χ0n) is 23.5. The summed E-state index contributed by atoms with van der Waals surface area (Å²) >= 11 is 11.5. The summed E-state index contributed by atoms with van der Waals surface area (Å²) in [6, 6.07) is 14.1. The molecule has 44 heavy (non-hydrogen) atoms. The average molecular weight is 700 g/mol. The molecule has 0 radical (unpaired) electrons. The van der Waals surface area contributed by atoms with E-state index in [1.165, 1.54) is 12.5 Å². The first-order valence-corrected chi connectivity index (χ1v) is 17.0. The van der Waals surface area contributed by atoms with Crippen LogP contribution in [0.25, 0.3) is 0 Å². The number of nitrogens with one attached hydrogen (secondary N) is 2. The van der Waals surface area contributed by atoms with Crippen LogP contribution < -0.4 is 28.3 Å². The number of aldehydes is 1. The molecule has 8 N–H and O–H groups in total. The van der Waals surface area contributed by atoms with Crippen molar-refractivity contribution in [1.82, 2.24) is 11.0 Å². The van der Waals surface area contributed by atoms with E-state index in [-0.39, 0.29) is 44.1 Å². The van der Waals surface area contributed by atoms with Crippen LogP contribution in [0.5, 0.6) is 0 Å². The maximum Gasteiger partial charge on any atom is 0.237 e. The molecule has 0 aliphatic rings. The van der Waals surface area contributed by atoms with Gasteiger partial charge in [0, 0.05) is 28.7 Å². The molecule has 19 heteroatoms. The van der Waals surface area contributed by atoms with Crippen molar-refractivity contribution in [3.05, 3.63) is 69.7 Å². The fraction of sp³-hybridized carbons (Fsp3) is 0.360. The predicted octanol–water partition coefficient (Wildman–Crippen LogP) is 1.86. The Hall–Kier alpha value is -3.48. The van der Waals surface area contributed by atoms with Gasteiger partial charge in [-0.15, -0.1) is 10.2 Å². The summed E-state index contributed by atoms with van der Waals surface area (Å²) in [5.74, 6) is 4.81. The van der Waals surface area contributed by atoms with E-state index in [0.717, 1.165) is 12.5 Å². The van der Waals surface area contributed by atoms with Crippen LogP contribution in [0.15, 0.2) is 63.8 Å². The number of halogens is 2. The van der Waals surface area contributed by atoms with Crippen LogP contribution in [0.3, 0.4) is 0 Å². The maximum atomic E-state index is 10.9. The molecule has 0 aliphatic carbocycles. The van der Waals surface area contributed by atoms with Gasteiger partial charge in [-0.25, -0.2) is 27.8 Å². The number of nitrogens with zero attached hydrogens (tertiary/aromatic N) is 3. The van der Waals surface area contributed by atoms with E-state index in [1.54, 1.807) is 36.4 Å². The van der Waals surface area contributed by atoms with Gasteiger partial charge in [0.1, 0.15) is 19.7 Å². The molecule has 2 rings (SSSR count). The molecule has 0 atom stereocenters. The first-order chi connectivity index (χ1) is 20.2. The monoisotopic (exact) mass is 698 g/mol. The highest BCUT2D eigenvalue weighted by Gasteiger charge is 2.02. The summed E-state index contributed by atoms with van der Waals surface area (Å²) in [7, 11) is -5.90. The minimum Gasteiger partial charge on any atom is -0.367 e. The van der Waals surface area contributed by atoms with Crippen molar-refractivity contribution >= 4 is 67.3 Å². The molecule has 2 aromatic rings. The van der Waals surface area contributed by atoms with Crippen molar-refractivity contribution in [3.8, 4) is 0 Å². The van der Waals surface area contributed by atoms with Gasteiger partial charge in [0.2, 0.25) is 11.9 Å². The van der Waals surface area contributed by atoms with Crippen LogP contribution in [0.4, 0.5) is 0 Å². The molecule has 0 amide bonds. The molecule has 248 valence electrons. The van der Waals surface area contributed by atoms with Crippen molar-refractivity contribution in [2.45, 2.75) is 20.3 Å². The van der Waals surface area contributed by atoms with Gasteiger partial charge in [0.05, 0.1) is 36.0 Å². The lowest BCUT2D eigenvalue weighted by Gasteiger charge is -2.04. The fourth-order valence-corrected chi connectivity index (χ4v) is 4.04. The number of sulfone groups is 2.